The molecule has 0 aliphatic carbocycles. The number of fused-ring (bicyclic) bond motifs is 3. The maximum Gasteiger partial charge on any atom is 0.410 e. The first kappa shape index (κ1) is 19.8. The summed E-state index contributed by atoms with van der Waals surface area (Å²) in [5.74, 6) is 0. The zero-order valence-electron chi connectivity index (χ0n) is 18.3. The van der Waals surface area contributed by atoms with Crippen molar-refractivity contribution in [2.75, 3.05) is 32.7 Å². The molecule has 3 saturated heterocycles. The van der Waals surface area contributed by atoms with Gasteiger partial charge in [0.25, 0.3) is 0 Å². The van der Waals surface area contributed by atoms with E-state index in [0.29, 0.717) is 0 Å². The normalized spacial score (nSPS) is 23.6. The number of ether oxygens (including phenoxy) is 1. The van der Waals surface area contributed by atoms with Crippen LogP contribution in [0.3, 0.4) is 0 Å². The van der Waals surface area contributed by atoms with Crippen molar-refractivity contribution in [3.05, 3.63) is 72.2 Å². The van der Waals surface area contributed by atoms with Crippen molar-refractivity contribution in [1.82, 2.24) is 24.1 Å². The number of piperazine rings is 1. The molecule has 166 valence electrons. The lowest BCUT2D eigenvalue weighted by molar-refractivity contribution is -0.0370. The third-order valence-electron chi connectivity index (χ3n) is 7.43. The van der Waals surface area contributed by atoms with Crippen LogP contribution in [0.15, 0.2) is 60.9 Å². The molecule has 6 rings (SSSR count). The largest absolute Gasteiger partial charge is 0.440 e. The van der Waals surface area contributed by atoms with E-state index in [-0.39, 0.29) is 17.7 Å². The predicted molar refractivity (Wildman–Crippen MR) is 121 cm³/mol. The van der Waals surface area contributed by atoms with Crippen molar-refractivity contribution in [3.8, 4) is 0 Å². The molecule has 0 N–H and O–H groups in total. The number of carbonyl (C=O) groups is 1. The van der Waals surface area contributed by atoms with Gasteiger partial charge in [-0.1, -0.05) is 36.4 Å². The first-order valence-electron chi connectivity index (χ1n) is 11.6. The van der Waals surface area contributed by atoms with E-state index in [2.05, 4.69) is 55.7 Å². The standard InChI is InChI=1S/C25H29N5O2/c31-24-30-15-14-28(17-20-6-2-1-3-7-20)19-22(30)25(32-24)9-12-27(13-10-25)18-21-16-26-23-8-4-5-11-29(21)23/h1-8,11,16,22H,9-10,12-15,17-19H2. The van der Waals surface area contributed by atoms with Gasteiger partial charge in [-0.3, -0.25) is 14.7 Å². The zero-order chi connectivity index (χ0) is 21.5. The summed E-state index contributed by atoms with van der Waals surface area (Å²) in [7, 11) is 0. The minimum absolute atomic E-state index is 0.121. The molecule has 1 amide bonds. The first-order valence-corrected chi connectivity index (χ1v) is 11.6. The molecule has 0 saturated carbocycles. The molecule has 1 aromatic carbocycles. The second-order valence-corrected chi connectivity index (χ2v) is 9.32. The summed E-state index contributed by atoms with van der Waals surface area (Å²) in [5, 5.41) is 0. The number of nitrogens with zero attached hydrogens (tertiary/aromatic N) is 5. The highest BCUT2D eigenvalue weighted by atomic mass is 16.6. The number of piperidine rings is 1. The van der Waals surface area contributed by atoms with Gasteiger partial charge >= 0.3 is 6.09 Å². The number of hydrogen-bond donors (Lipinski definition) is 0. The fraction of sp³-hybridized carbons (Fsp3) is 0.440. The first-order chi connectivity index (χ1) is 15.7. The van der Waals surface area contributed by atoms with E-state index in [9.17, 15) is 4.79 Å². The number of hydrogen-bond acceptors (Lipinski definition) is 5. The average Bonchev–Trinajstić information content (AvgIpc) is 3.35. The number of benzene rings is 1. The van der Waals surface area contributed by atoms with Crippen molar-refractivity contribution < 1.29 is 9.53 Å². The Morgan fingerprint density at radius 2 is 1.75 bits per heavy atom. The molecule has 7 heteroatoms. The van der Waals surface area contributed by atoms with E-state index in [1.165, 1.54) is 11.3 Å². The molecule has 0 bridgehead atoms. The lowest BCUT2D eigenvalue weighted by Crippen LogP contribution is -2.60. The van der Waals surface area contributed by atoms with Crippen LogP contribution in [-0.2, 0) is 17.8 Å². The van der Waals surface area contributed by atoms with Gasteiger partial charge in [-0.05, 0) is 17.7 Å². The summed E-state index contributed by atoms with van der Waals surface area (Å²) in [4.78, 5) is 24.1. The van der Waals surface area contributed by atoms with Crippen LogP contribution in [0.4, 0.5) is 4.79 Å². The molecule has 5 heterocycles. The number of rotatable bonds is 4. The average molecular weight is 432 g/mol. The molecule has 1 unspecified atom stereocenters. The Kier molecular flexibility index (Phi) is 4.88. The van der Waals surface area contributed by atoms with Crippen LogP contribution in [0.25, 0.3) is 5.65 Å². The molecule has 3 aliphatic heterocycles. The number of aromatic nitrogens is 2. The van der Waals surface area contributed by atoms with Crippen LogP contribution in [0.2, 0.25) is 0 Å². The molecule has 7 nitrogen and oxygen atoms in total. The van der Waals surface area contributed by atoms with E-state index in [0.717, 1.165) is 64.3 Å². The van der Waals surface area contributed by atoms with Gasteiger partial charge in [-0.2, -0.15) is 0 Å². The van der Waals surface area contributed by atoms with Gasteiger partial charge < -0.3 is 9.14 Å². The maximum atomic E-state index is 12.7. The van der Waals surface area contributed by atoms with Crippen LogP contribution in [0, 0.1) is 0 Å². The molecule has 2 aromatic heterocycles. The third-order valence-corrected chi connectivity index (χ3v) is 7.43. The molecule has 3 aromatic rings. The summed E-state index contributed by atoms with van der Waals surface area (Å²) in [6.07, 6.45) is 5.69. The summed E-state index contributed by atoms with van der Waals surface area (Å²) in [6.45, 7) is 6.18. The van der Waals surface area contributed by atoms with Gasteiger partial charge in [0.05, 0.1) is 17.9 Å². The van der Waals surface area contributed by atoms with E-state index >= 15 is 0 Å². The van der Waals surface area contributed by atoms with E-state index in [1.54, 1.807) is 0 Å². The fourth-order valence-corrected chi connectivity index (χ4v) is 5.65. The highest BCUT2D eigenvalue weighted by molar-refractivity contribution is 5.72. The third kappa shape index (κ3) is 3.45. The van der Waals surface area contributed by atoms with Gasteiger partial charge in [0.2, 0.25) is 0 Å². The van der Waals surface area contributed by atoms with Gasteiger partial charge in [0.15, 0.2) is 0 Å². The number of likely N-dealkylation sites (tertiary alicyclic amines) is 1. The van der Waals surface area contributed by atoms with Gasteiger partial charge in [-0.15, -0.1) is 0 Å². The molecule has 1 atom stereocenters. The Labute approximate surface area is 188 Å². The van der Waals surface area contributed by atoms with Crippen molar-refractivity contribution >= 4 is 11.7 Å². The Morgan fingerprint density at radius 1 is 0.938 bits per heavy atom. The zero-order valence-corrected chi connectivity index (χ0v) is 18.3. The summed E-state index contributed by atoms with van der Waals surface area (Å²) < 4.78 is 8.26. The molecule has 3 aliphatic rings. The van der Waals surface area contributed by atoms with Crippen molar-refractivity contribution in [2.45, 2.75) is 37.6 Å². The minimum Gasteiger partial charge on any atom is -0.440 e. The van der Waals surface area contributed by atoms with Crippen molar-refractivity contribution in [2.24, 2.45) is 0 Å². The smallest absolute Gasteiger partial charge is 0.410 e. The molecule has 3 fully saturated rings. The highest BCUT2D eigenvalue weighted by Gasteiger charge is 2.56. The Balaban J connectivity index is 1.14. The summed E-state index contributed by atoms with van der Waals surface area (Å²) in [6, 6.07) is 16.8. The lowest BCUT2D eigenvalue weighted by atomic mass is 9.83. The van der Waals surface area contributed by atoms with Crippen molar-refractivity contribution in [3.63, 3.8) is 0 Å². The second-order valence-electron chi connectivity index (χ2n) is 9.32. The monoisotopic (exact) mass is 431 g/mol. The van der Waals surface area contributed by atoms with Crippen LogP contribution in [0.1, 0.15) is 24.1 Å². The van der Waals surface area contributed by atoms with Gasteiger partial charge in [0.1, 0.15) is 11.2 Å². The highest BCUT2D eigenvalue weighted by Crippen LogP contribution is 2.40. The van der Waals surface area contributed by atoms with Crippen molar-refractivity contribution in [1.29, 1.82) is 0 Å². The van der Waals surface area contributed by atoms with Crippen LogP contribution >= 0.6 is 0 Å². The quantitative estimate of drug-likeness (QED) is 0.636. The molecule has 0 radical (unpaired) electrons. The minimum atomic E-state index is -0.359. The van der Waals surface area contributed by atoms with Crippen LogP contribution < -0.4 is 0 Å². The Morgan fingerprint density at radius 3 is 2.59 bits per heavy atom. The summed E-state index contributed by atoms with van der Waals surface area (Å²) >= 11 is 0. The van der Waals surface area contributed by atoms with E-state index in [1.807, 2.05) is 29.3 Å². The Bertz CT molecular complexity index is 1110. The fourth-order valence-electron chi connectivity index (χ4n) is 5.65. The maximum absolute atomic E-state index is 12.7. The number of pyridine rings is 1. The lowest BCUT2D eigenvalue weighted by Gasteiger charge is -2.45. The van der Waals surface area contributed by atoms with E-state index < -0.39 is 0 Å². The van der Waals surface area contributed by atoms with Gasteiger partial charge in [-0.25, -0.2) is 9.78 Å². The Hall–Kier alpha value is -2.90. The topological polar surface area (TPSA) is 53.3 Å². The second kappa shape index (κ2) is 7.90. The molecular weight excluding hydrogens is 402 g/mol. The molecular formula is C25H29N5O2. The number of amides is 1. The number of carbonyl (C=O) groups excluding carboxylic acids is 1. The summed E-state index contributed by atoms with van der Waals surface area (Å²) in [5.41, 5.74) is 3.15. The van der Waals surface area contributed by atoms with E-state index in [4.69, 9.17) is 4.74 Å². The van der Waals surface area contributed by atoms with Crippen LogP contribution in [0.5, 0.6) is 0 Å². The number of imidazole rings is 1. The molecule has 1 spiro atoms. The van der Waals surface area contributed by atoms with Gasteiger partial charge in [0, 0.05) is 64.9 Å². The SMILES string of the molecule is O=C1OC2(CCN(Cc3cnc4ccccn34)CC2)C2CN(Cc3ccccc3)CCN12. The predicted octanol–water partition coefficient (Wildman–Crippen LogP) is 3.01. The molecule has 32 heavy (non-hydrogen) atoms. The van der Waals surface area contributed by atoms with Crippen LogP contribution in [-0.4, -0.2) is 74.5 Å².